The standard InChI is InChI=1S/C27H26N6O8/c1-41-21-9-7-19(8-10-21)29-27(38)32-13-12-31(26(37)18-5-3-11-28-16-18)25(32)24(36)30-22(15-23(34)35)17-4-2-6-20(14-17)33(39)40/h2-11,14,16,22,25H,12-13,15H2,1H3,(H,29,38)(H,30,36)(H,34,35). The molecule has 2 unspecified atom stereocenters. The number of amides is 4. The van der Waals surface area contributed by atoms with Crippen molar-refractivity contribution in [2.75, 3.05) is 25.5 Å². The number of aromatic nitrogens is 1. The molecule has 1 fully saturated rings. The highest BCUT2D eigenvalue weighted by Gasteiger charge is 2.44. The Labute approximate surface area is 233 Å². The number of hydrogen-bond donors (Lipinski definition) is 3. The molecule has 0 bridgehead atoms. The first-order chi connectivity index (χ1) is 19.7. The number of hydrogen-bond acceptors (Lipinski definition) is 8. The molecular weight excluding hydrogens is 536 g/mol. The minimum Gasteiger partial charge on any atom is -0.497 e. The number of carbonyl (C=O) groups is 4. The molecule has 1 aliphatic rings. The van der Waals surface area contributed by atoms with Gasteiger partial charge in [-0.25, -0.2) is 4.79 Å². The summed E-state index contributed by atoms with van der Waals surface area (Å²) in [6, 6.07) is 12.9. The van der Waals surface area contributed by atoms with Crippen LogP contribution in [0, 0.1) is 10.1 Å². The first-order valence-corrected chi connectivity index (χ1v) is 12.4. The summed E-state index contributed by atoms with van der Waals surface area (Å²) >= 11 is 0. The summed E-state index contributed by atoms with van der Waals surface area (Å²) in [6.07, 6.45) is 0.743. The molecule has 3 N–H and O–H groups in total. The van der Waals surface area contributed by atoms with Gasteiger partial charge in [-0.15, -0.1) is 0 Å². The minimum atomic E-state index is -1.46. The number of carbonyl (C=O) groups excluding carboxylic acids is 3. The number of pyridine rings is 1. The fraction of sp³-hybridized carbons (Fsp3) is 0.222. The third-order valence-corrected chi connectivity index (χ3v) is 6.36. The minimum absolute atomic E-state index is 0.00223. The molecule has 14 heteroatoms. The van der Waals surface area contributed by atoms with E-state index in [9.17, 15) is 34.4 Å². The number of rotatable bonds is 9. The smallest absolute Gasteiger partial charge is 0.323 e. The van der Waals surface area contributed by atoms with Gasteiger partial charge in [0.25, 0.3) is 17.5 Å². The van der Waals surface area contributed by atoms with Crippen molar-refractivity contribution in [1.29, 1.82) is 0 Å². The van der Waals surface area contributed by atoms with Crippen LogP contribution in [0.15, 0.2) is 73.1 Å². The van der Waals surface area contributed by atoms with Crippen molar-refractivity contribution in [3.05, 3.63) is 94.3 Å². The lowest BCUT2D eigenvalue weighted by Crippen LogP contribution is -2.55. The van der Waals surface area contributed by atoms with E-state index in [2.05, 4.69) is 15.6 Å². The maximum Gasteiger partial charge on any atom is 0.323 e. The Morgan fingerprint density at radius 2 is 1.83 bits per heavy atom. The van der Waals surface area contributed by atoms with E-state index < -0.39 is 47.4 Å². The van der Waals surface area contributed by atoms with Gasteiger partial charge in [-0.05, 0) is 42.0 Å². The summed E-state index contributed by atoms with van der Waals surface area (Å²) < 4.78 is 5.12. The normalized spacial score (nSPS) is 15.1. The number of non-ortho nitro benzene ring substituents is 1. The lowest BCUT2D eigenvalue weighted by Gasteiger charge is -2.30. The Hall–Kier alpha value is -5.53. The van der Waals surface area contributed by atoms with Crippen molar-refractivity contribution in [2.45, 2.75) is 18.6 Å². The first kappa shape index (κ1) is 28.5. The molecule has 4 rings (SSSR count). The molecule has 4 amide bonds. The second kappa shape index (κ2) is 12.5. The zero-order valence-corrected chi connectivity index (χ0v) is 21.8. The van der Waals surface area contributed by atoms with Crippen molar-refractivity contribution in [3.63, 3.8) is 0 Å². The van der Waals surface area contributed by atoms with Gasteiger partial charge in [0.1, 0.15) is 5.75 Å². The average Bonchev–Trinajstić information content (AvgIpc) is 3.43. The van der Waals surface area contributed by atoms with Gasteiger partial charge in [0.15, 0.2) is 6.17 Å². The molecular formula is C27H26N6O8. The average molecular weight is 563 g/mol. The summed E-state index contributed by atoms with van der Waals surface area (Å²) in [4.78, 5) is 69.0. The van der Waals surface area contributed by atoms with Gasteiger partial charge in [-0.3, -0.25) is 34.4 Å². The molecule has 14 nitrogen and oxygen atoms in total. The number of methoxy groups -OCH3 is 1. The molecule has 0 radical (unpaired) electrons. The van der Waals surface area contributed by atoms with Gasteiger partial charge in [-0.2, -0.15) is 0 Å². The van der Waals surface area contributed by atoms with E-state index in [-0.39, 0.29) is 29.9 Å². The highest BCUT2D eigenvalue weighted by molar-refractivity contribution is 6.00. The predicted octanol–water partition coefficient (Wildman–Crippen LogP) is 2.65. The van der Waals surface area contributed by atoms with Crippen LogP contribution < -0.4 is 15.4 Å². The van der Waals surface area contributed by atoms with Gasteiger partial charge in [0.05, 0.1) is 30.1 Å². The number of carboxylic acids is 1. The molecule has 1 aromatic heterocycles. The van der Waals surface area contributed by atoms with Crippen LogP contribution in [0.4, 0.5) is 16.2 Å². The largest absolute Gasteiger partial charge is 0.497 e. The summed E-state index contributed by atoms with van der Waals surface area (Å²) in [5.41, 5.74) is 0.477. The second-order valence-electron chi connectivity index (χ2n) is 8.98. The van der Waals surface area contributed by atoms with Gasteiger partial charge >= 0.3 is 12.0 Å². The van der Waals surface area contributed by atoms with Crippen LogP contribution in [0.5, 0.6) is 5.75 Å². The van der Waals surface area contributed by atoms with Crippen LogP contribution in [-0.4, -0.2) is 75.0 Å². The van der Waals surface area contributed by atoms with E-state index >= 15 is 0 Å². The Balaban J connectivity index is 1.64. The highest BCUT2D eigenvalue weighted by atomic mass is 16.6. The van der Waals surface area contributed by atoms with E-state index in [1.165, 1.54) is 48.7 Å². The Kier molecular flexibility index (Phi) is 8.72. The molecule has 41 heavy (non-hydrogen) atoms. The zero-order chi connectivity index (χ0) is 29.5. The van der Waals surface area contributed by atoms with Gasteiger partial charge in [-0.1, -0.05) is 12.1 Å². The maximum absolute atomic E-state index is 13.7. The number of aliphatic carboxylic acids is 1. The van der Waals surface area contributed by atoms with Gasteiger partial charge in [0.2, 0.25) is 0 Å². The number of nitrogens with one attached hydrogen (secondary N) is 2. The topological polar surface area (TPSA) is 184 Å². The van der Waals surface area contributed by atoms with Crippen molar-refractivity contribution in [2.24, 2.45) is 0 Å². The third-order valence-electron chi connectivity index (χ3n) is 6.36. The number of ether oxygens (including phenoxy) is 1. The molecule has 2 atom stereocenters. The fourth-order valence-corrected chi connectivity index (χ4v) is 4.39. The van der Waals surface area contributed by atoms with E-state index in [0.717, 1.165) is 11.0 Å². The number of nitro benzene ring substituents is 1. The zero-order valence-electron chi connectivity index (χ0n) is 21.8. The first-order valence-electron chi connectivity index (χ1n) is 12.4. The quantitative estimate of drug-likeness (QED) is 0.260. The molecule has 1 aliphatic heterocycles. The maximum atomic E-state index is 13.7. The summed E-state index contributed by atoms with van der Waals surface area (Å²) in [5.74, 6) is -2.11. The molecule has 0 aliphatic carbocycles. The van der Waals surface area contributed by atoms with Gasteiger partial charge in [0, 0.05) is 43.3 Å². The lowest BCUT2D eigenvalue weighted by atomic mass is 10.0. The van der Waals surface area contributed by atoms with E-state index in [1.54, 1.807) is 30.3 Å². The molecule has 0 saturated carbocycles. The molecule has 2 aromatic carbocycles. The highest BCUT2D eigenvalue weighted by Crippen LogP contribution is 2.25. The summed E-state index contributed by atoms with van der Waals surface area (Å²) in [7, 11) is 1.50. The van der Waals surface area contributed by atoms with Crippen LogP contribution in [0.25, 0.3) is 0 Å². The van der Waals surface area contributed by atoms with Crippen LogP contribution in [0.2, 0.25) is 0 Å². The van der Waals surface area contributed by atoms with Crippen molar-refractivity contribution < 1.29 is 33.9 Å². The van der Waals surface area contributed by atoms with Crippen LogP contribution >= 0.6 is 0 Å². The van der Waals surface area contributed by atoms with Gasteiger partial charge < -0.3 is 25.4 Å². The Morgan fingerprint density at radius 1 is 1.10 bits per heavy atom. The summed E-state index contributed by atoms with van der Waals surface area (Å²) in [6.45, 7) is -0.00522. The second-order valence-corrected chi connectivity index (χ2v) is 8.98. The number of benzene rings is 2. The summed E-state index contributed by atoms with van der Waals surface area (Å²) in [5, 5.41) is 26.0. The molecule has 0 spiro atoms. The molecule has 1 saturated heterocycles. The number of anilines is 1. The van der Waals surface area contributed by atoms with Crippen LogP contribution in [0.1, 0.15) is 28.4 Å². The SMILES string of the molecule is COc1ccc(NC(=O)N2CCN(C(=O)c3cccnc3)C2C(=O)NC(CC(=O)O)c2cccc([N+](=O)[O-])c2)cc1. The number of nitro groups is 1. The lowest BCUT2D eigenvalue weighted by molar-refractivity contribution is -0.384. The van der Waals surface area contributed by atoms with Crippen LogP contribution in [0.3, 0.4) is 0 Å². The van der Waals surface area contributed by atoms with E-state index in [4.69, 9.17) is 4.74 Å². The molecule has 3 aromatic rings. The van der Waals surface area contributed by atoms with E-state index in [1.807, 2.05) is 0 Å². The van der Waals surface area contributed by atoms with Crippen molar-refractivity contribution >= 4 is 35.2 Å². The van der Waals surface area contributed by atoms with Crippen LogP contribution in [-0.2, 0) is 9.59 Å². The Bertz CT molecular complexity index is 1450. The van der Waals surface area contributed by atoms with Crippen molar-refractivity contribution in [3.8, 4) is 5.75 Å². The predicted molar refractivity (Wildman–Crippen MR) is 144 cm³/mol. The number of carboxylic acid groups (broad SMARTS) is 1. The molecule has 2 heterocycles. The monoisotopic (exact) mass is 562 g/mol. The van der Waals surface area contributed by atoms with Crippen molar-refractivity contribution in [1.82, 2.24) is 20.1 Å². The number of urea groups is 1. The van der Waals surface area contributed by atoms with E-state index in [0.29, 0.717) is 11.4 Å². The number of nitrogens with zero attached hydrogens (tertiary/aromatic N) is 4. The third kappa shape index (κ3) is 6.73. The molecule has 212 valence electrons. The fourth-order valence-electron chi connectivity index (χ4n) is 4.39. The Morgan fingerprint density at radius 3 is 2.46 bits per heavy atom.